The van der Waals surface area contributed by atoms with E-state index in [-0.39, 0.29) is 17.9 Å². The third-order valence-electron chi connectivity index (χ3n) is 5.24. The number of methoxy groups -OCH3 is 1. The molecule has 1 aliphatic rings. The van der Waals surface area contributed by atoms with Crippen molar-refractivity contribution in [1.29, 1.82) is 0 Å². The van der Waals surface area contributed by atoms with Gasteiger partial charge in [-0.05, 0) is 29.8 Å². The van der Waals surface area contributed by atoms with Crippen LogP contribution in [0.3, 0.4) is 0 Å². The van der Waals surface area contributed by atoms with Gasteiger partial charge in [-0.3, -0.25) is 19.0 Å². The Bertz CT molecular complexity index is 1350. The fraction of sp³-hybridized carbons (Fsp3) is 0.143. The molecular weight excluding hydrogens is 372 g/mol. The van der Waals surface area contributed by atoms with Crippen molar-refractivity contribution in [3.05, 3.63) is 75.6 Å². The first-order valence-corrected chi connectivity index (χ1v) is 9.08. The SMILES string of the molecule is COC(=O)c1ccc([C@H]2CC(=O)Nc3c2c(=O)[nH]c2nc4ccccc4n32)cc1. The molecule has 2 aromatic carbocycles. The average Bonchev–Trinajstić information content (AvgIpc) is 3.11. The van der Waals surface area contributed by atoms with Gasteiger partial charge in [-0.15, -0.1) is 0 Å². The Balaban J connectivity index is 1.74. The number of ether oxygens (including phenoxy) is 1. The third kappa shape index (κ3) is 2.60. The van der Waals surface area contributed by atoms with Crippen molar-refractivity contribution in [2.45, 2.75) is 12.3 Å². The van der Waals surface area contributed by atoms with E-state index in [9.17, 15) is 14.4 Å². The Kier molecular flexibility index (Phi) is 3.73. The summed E-state index contributed by atoms with van der Waals surface area (Å²) in [4.78, 5) is 44.4. The Morgan fingerprint density at radius 3 is 2.66 bits per heavy atom. The molecule has 0 radical (unpaired) electrons. The van der Waals surface area contributed by atoms with Gasteiger partial charge < -0.3 is 10.1 Å². The number of amides is 1. The van der Waals surface area contributed by atoms with Gasteiger partial charge in [-0.2, -0.15) is 0 Å². The number of rotatable bonds is 2. The quantitative estimate of drug-likeness (QED) is 0.513. The summed E-state index contributed by atoms with van der Waals surface area (Å²) in [6.45, 7) is 0. The summed E-state index contributed by atoms with van der Waals surface area (Å²) in [7, 11) is 1.32. The van der Waals surface area contributed by atoms with Gasteiger partial charge in [-0.25, -0.2) is 9.78 Å². The molecule has 8 nitrogen and oxygen atoms in total. The number of H-pyrrole nitrogens is 1. The van der Waals surface area contributed by atoms with Crippen LogP contribution in [0.15, 0.2) is 53.3 Å². The van der Waals surface area contributed by atoms with Gasteiger partial charge in [-0.1, -0.05) is 24.3 Å². The first-order valence-electron chi connectivity index (χ1n) is 9.08. The number of nitrogens with zero attached hydrogens (tertiary/aromatic N) is 2. The van der Waals surface area contributed by atoms with E-state index in [0.717, 1.165) is 16.6 Å². The van der Waals surface area contributed by atoms with Gasteiger partial charge in [0, 0.05) is 12.3 Å². The molecule has 0 saturated carbocycles. The fourth-order valence-corrected chi connectivity index (χ4v) is 3.90. The van der Waals surface area contributed by atoms with Crippen molar-refractivity contribution < 1.29 is 14.3 Å². The smallest absolute Gasteiger partial charge is 0.337 e. The molecule has 0 aliphatic carbocycles. The van der Waals surface area contributed by atoms with Crippen LogP contribution in [0.25, 0.3) is 16.8 Å². The van der Waals surface area contributed by atoms with Crippen LogP contribution in [0.5, 0.6) is 0 Å². The first kappa shape index (κ1) is 17.2. The van der Waals surface area contributed by atoms with Gasteiger partial charge in [0.1, 0.15) is 5.82 Å². The minimum absolute atomic E-state index is 0.131. The van der Waals surface area contributed by atoms with Crippen molar-refractivity contribution in [2.75, 3.05) is 12.4 Å². The maximum absolute atomic E-state index is 12.9. The van der Waals surface area contributed by atoms with E-state index in [1.165, 1.54) is 7.11 Å². The van der Waals surface area contributed by atoms with Gasteiger partial charge in [0.15, 0.2) is 0 Å². The third-order valence-corrected chi connectivity index (χ3v) is 5.24. The number of carbonyl (C=O) groups is 2. The van der Waals surface area contributed by atoms with E-state index in [2.05, 4.69) is 15.3 Å². The van der Waals surface area contributed by atoms with Crippen molar-refractivity contribution >= 4 is 34.5 Å². The molecule has 29 heavy (non-hydrogen) atoms. The van der Waals surface area contributed by atoms with Crippen molar-refractivity contribution in [3.63, 3.8) is 0 Å². The zero-order valence-corrected chi connectivity index (χ0v) is 15.4. The van der Waals surface area contributed by atoms with Crippen molar-refractivity contribution in [3.8, 4) is 0 Å². The highest BCUT2D eigenvalue weighted by Crippen LogP contribution is 2.36. The molecule has 1 atom stereocenters. The van der Waals surface area contributed by atoms with Crippen LogP contribution < -0.4 is 10.9 Å². The van der Waals surface area contributed by atoms with E-state index < -0.39 is 11.9 Å². The van der Waals surface area contributed by atoms with Crippen molar-refractivity contribution in [2.24, 2.45) is 0 Å². The molecule has 144 valence electrons. The molecule has 5 rings (SSSR count). The molecular formula is C21H16N4O4. The molecule has 0 bridgehead atoms. The lowest BCUT2D eigenvalue weighted by molar-refractivity contribution is -0.116. The monoisotopic (exact) mass is 388 g/mol. The van der Waals surface area contributed by atoms with Crippen molar-refractivity contribution in [1.82, 2.24) is 14.4 Å². The van der Waals surface area contributed by atoms with Crippen LogP contribution in [-0.4, -0.2) is 33.4 Å². The van der Waals surface area contributed by atoms with E-state index in [1.807, 2.05) is 24.3 Å². The summed E-state index contributed by atoms with van der Waals surface area (Å²) >= 11 is 0. The van der Waals surface area contributed by atoms with Crippen LogP contribution in [0.4, 0.5) is 5.82 Å². The lowest BCUT2D eigenvalue weighted by Gasteiger charge is -2.25. The number of imidazole rings is 1. The molecule has 8 heteroatoms. The highest BCUT2D eigenvalue weighted by atomic mass is 16.5. The lowest BCUT2D eigenvalue weighted by Crippen LogP contribution is -2.32. The molecule has 3 heterocycles. The summed E-state index contributed by atoms with van der Waals surface area (Å²) in [6, 6.07) is 14.2. The minimum atomic E-state index is -0.445. The lowest BCUT2D eigenvalue weighted by atomic mass is 9.86. The highest BCUT2D eigenvalue weighted by molar-refractivity contribution is 5.96. The van der Waals surface area contributed by atoms with Gasteiger partial charge in [0.2, 0.25) is 11.7 Å². The molecule has 4 aromatic rings. The van der Waals surface area contributed by atoms with E-state index in [0.29, 0.717) is 22.7 Å². The molecule has 0 fully saturated rings. The number of esters is 1. The number of benzene rings is 2. The molecule has 1 aliphatic heterocycles. The number of hydrogen-bond donors (Lipinski definition) is 2. The van der Waals surface area contributed by atoms with Gasteiger partial charge in [0.25, 0.3) is 5.56 Å². The largest absolute Gasteiger partial charge is 0.465 e. The van der Waals surface area contributed by atoms with Crippen LogP contribution in [-0.2, 0) is 9.53 Å². The number of carbonyl (C=O) groups excluding carboxylic acids is 2. The van der Waals surface area contributed by atoms with Crippen LogP contribution in [0, 0.1) is 0 Å². The Morgan fingerprint density at radius 2 is 1.90 bits per heavy atom. The molecule has 0 unspecified atom stereocenters. The zero-order valence-electron chi connectivity index (χ0n) is 15.4. The number of aromatic nitrogens is 3. The second kappa shape index (κ2) is 6.30. The van der Waals surface area contributed by atoms with E-state index in [1.54, 1.807) is 28.7 Å². The highest BCUT2D eigenvalue weighted by Gasteiger charge is 2.32. The molecule has 0 spiro atoms. The Labute approximate surface area is 164 Å². The number of para-hydroxylation sites is 2. The number of fused-ring (bicyclic) bond motifs is 5. The molecule has 2 aromatic heterocycles. The minimum Gasteiger partial charge on any atom is -0.465 e. The number of aromatic amines is 1. The maximum Gasteiger partial charge on any atom is 0.337 e. The van der Waals surface area contributed by atoms with Gasteiger partial charge in [0.05, 0.1) is 29.3 Å². The maximum atomic E-state index is 12.9. The van der Waals surface area contributed by atoms with Gasteiger partial charge >= 0.3 is 5.97 Å². The fourth-order valence-electron chi connectivity index (χ4n) is 3.90. The standard InChI is InChI=1S/C21H16N4O4/c1-29-20(28)12-8-6-11(7-9-12)13-10-16(26)23-18-17(13)19(27)24-21-22-14-4-2-3-5-15(14)25(18)21/h2-9,13H,10H2,1H3,(H,23,26)(H,22,24,27)/t13-/m1/s1. The second-order valence-corrected chi connectivity index (χ2v) is 6.89. The first-order chi connectivity index (χ1) is 14.1. The number of nitrogens with one attached hydrogen (secondary N) is 2. The van der Waals surface area contributed by atoms with E-state index in [4.69, 9.17) is 4.74 Å². The average molecular weight is 388 g/mol. The predicted molar refractivity (Wildman–Crippen MR) is 106 cm³/mol. The Hall–Kier alpha value is -3.94. The Morgan fingerprint density at radius 1 is 1.14 bits per heavy atom. The summed E-state index contributed by atoms with van der Waals surface area (Å²) in [5.74, 6) is -0.278. The normalized spacial score (nSPS) is 15.9. The molecule has 2 N–H and O–H groups in total. The van der Waals surface area contributed by atoms with Crippen LogP contribution in [0.1, 0.15) is 33.8 Å². The summed E-state index contributed by atoms with van der Waals surface area (Å²) in [5.41, 5.74) is 2.84. The topological polar surface area (TPSA) is 106 Å². The summed E-state index contributed by atoms with van der Waals surface area (Å²) < 4.78 is 6.49. The van der Waals surface area contributed by atoms with E-state index >= 15 is 0 Å². The van der Waals surface area contributed by atoms with Crippen LogP contribution in [0.2, 0.25) is 0 Å². The number of anilines is 1. The zero-order chi connectivity index (χ0) is 20.1. The van der Waals surface area contributed by atoms with Crippen LogP contribution >= 0.6 is 0 Å². The summed E-state index contributed by atoms with van der Waals surface area (Å²) in [6.07, 6.45) is 0.131. The molecule has 1 amide bonds. The number of hydrogen-bond acceptors (Lipinski definition) is 5. The summed E-state index contributed by atoms with van der Waals surface area (Å²) in [5, 5.41) is 2.85. The predicted octanol–water partition coefficient (Wildman–Crippen LogP) is 2.44. The second-order valence-electron chi connectivity index (χ2n) is 6.89. The molecule has 0 saturated heterocycles.